The Balaban J connectivity index is 1.67. The summed E-state index contributed by atoms with van der Waals surface area (Å²) in [5.74, 6) is -10.9. The normalized spacial score (nSPS) is 34.2. The van der Waals surface area contributed by atoms with Crippen LogP contribution in [-0.2, 0) is 57.1 Å². The summed E-state index contributed by atoms with van der Waals surface area (Å²) in [6, 6.07) is 8.24. The number of fused-ring (bicyclic) bond motifs is 2. The van der Waals surface area contributed by atoms with Crippen molar-refractivity contribution in [2.75, 3.05) is 34.9 Å². The van der Waals surface area contributed by atoms with Gasteiger partial charge in [0, 0.05) is 35.4 Å². The fourth-order valence-corrected chi connectivity index (χ4v) is 9.65. The number of cyclic esters (lactones) is 1. The van der Waals surface area contributed by atoms with E-state index in [1.54, 1.807) is 46.9 Å². The zero-order chi connectivity index (χ0) is 47.3. The SMILES string of the molecule is CC[C@H]1OC(=O)C(CC(C(=O)OC)C(=O)OC)C(=O)[C@H](C)[C@@H](O[C@@H]2O[C@H](C)C[C@H](N(C)C)[C@H]2O)[C@@](C)(OC/C=C/c2cnc3ccccc3c2)C[C@@H](C)C(=O)[C@H](C)[C@H]2NC(=O)O[C@@]21C. The number of nitrogens with one attached hydrogen (secondary N) is 1. The molecule has 1 amide bonds. The average Bonchev–Trinajstić information content (AvgIpc) is 3.59. The van der Waals surface area contributed by atoms with Crippen molar-refractivity contribution < 1.29 is 67.0 Å². The molecule has 0 bridgehead atoms. The van der Waals surface area contributed by atoms with Gasteiger partial charge in [0.15, 0.2) is 23.6 Å². The van der Waals surface area contributed by atoms with Gasteiger partial charge in [0.25, 0.3) is 0 Å². The molecule has 3 saturated heterocycles. The maximum Gasteiger partial charge on any atom is 0.408 e. The third-order valence-corrected chi connectivity index (χ3v) is 13.2. The summed E-state index contributed by atoms with van der Waals surface area (Å²) in [4.78, 5) is 90.2. The van der Waals surface area contributed by atoms with E-state index in [-0.39, 0.29) is 25.2 Å². The summed E-state index contributed by atoms with van der Waals surface area (Å²) in [5.41, 5.74) is -1.55. The maximum absolute atomic E-state index is 15.3. The number of hydrogen-bond donors (Lipinski definition) is 2. The van der Waals surface area contributed by atoms with Gasteiger partial charge in [-0.3, -0.25) is 29.0 Å². The summed E-state index contributed by atoms with van der Waals surface area (Å²) in [7, 11) is 5.75. The number of likely N-dealkylation sites (N-methyl/N-ethyl adjacent to an activating group) is 1. The number of aliphatic hydroxyl groups excluding tert-OH is 1. The van der Waals surface area contributed by atoms with Crippen molar-refractivity contribution in [2.24, 2.45) is 29.6 Å². The van der Waals surface area contributed by atoms with Gasteiger partial charge in [-0.1, -0.05) is 58.0 Å². The van der Waals surface area contributed by atoms with E-state index in [1.807, 2.05) is 62.3 Å². The molecule has 1 aromatic heterocycles. The number of pyridine rings is 1. The Morgan fingerprint density at radius 2 is 1.69 bits per heavy atom. The van der Waals surface area contributed by atoms with Crippen LogP contribution >= 0.6 is 0 Å². The number of aliphatic hydroxyl groups is 1. The summed E-state index contributed by atoms with van der Waals surface area (Å²) in [6.07, 6.45) is -1.24. The van der Waals surface area contributed by atoms with Gasteiger partial charge in [-0.25, -0.2) is 4.79 Å². The average molecular weight is 896 g/mol. The van der Waals surface area contributed by atoms with Crippen LogP contribution in [-0.4, -0.2) is 139 Å². The van der Waals surface area contributed by atoms with Gasteiger partial charge in [0.2, 0.25) is 0 Å². The number of carbonyl (C=O) groups is 6. The Morgan fingerprint density at radius 1 is 1.02 bits per heavy atom. The van der Waals surface area contributed by atoms with Gasteiger partial charge in [0.1, 0.15) is 23.9 Å². The number of esters is 3. The highest BCUT2D eigenvalue weighted by Gasteiger charge is 2.58. The first-order valence-corrected chi connectivity index (χ1v) is 21.9. The highest BCUT2D eigenvalue weighted by Crippen LogP contribution is 2.41. The number of carbonyl (C=O) groups excluding carboxylic acids is 6. The third kappa shape index (κ3) is 10.8. The van der Waals surface area contributed by atoms with Crippen LogP contribution in [0.1, 0.15) is 79.7 Å². The molecule has 3 aliphatic rings. The molecule has 0 aliphatic carbocycles. The van der Waals surface area contributed by atoms with Gasteiger partial charge in [-0.05, 0) is 78.2 Å². The van der Waals surface area contributed by atoms with Crippen molar-refractivity contribution >= 4 is 52.5 Å². The molecule has 2 N–H and O–H groups in total. The van der Waals surface area contributed by atoms with E-state index in [1.165, 1.54) is 6.92 Å². The van der Waals surface area contributed by atoms with E-state index >= 15 is 4.79 Å². The fourth-order valence-electron chi connectivity index (χ4n) is 9.65. The lowest BCUT2D eigenvalue weighted by molar-refractivity contribution is -0.296. The molecule has 352 valence electrons. The molecule has 13 atom stereocenters. The van der Waals surface area contributed by atoms with Crippen LogP contribution < -0.4 is 5.32 Å². The van der Waals surface area contributed by atoms with Gasteiger partial charge in [-0.2, -0.15) is 0 Å². The van der Waals surface area contributed by atoms with Crippen LogP contribution in [0.5, 0.6) is 0 Å². The Morgan fingerprint density at radius 3 is 2.33 bits per heavy atom. The van der Waals surface area contributed by atoms with Crippen molar-refractivity contribution in [1.82, 2.24) is 15.2 Å². The number of aromatic nitrogens is 1. The quantitative estimate of drug-likeness (QED) is 0.171. The van der Waals surface area contributed by atoms with E-state index < -0.39 is 120 Å². The number of para-hydroxylation sites is 1. The van der Waals surface area contributed by atoms with Crippen LogP contribution in [0, 0.1) is 29.6 Å². The molecule has 2 aromatic rings. The molecular formula is C47H65N3O14. The molecule has 1 aromatic carbocycles. The highest BCUT2D eigenvalue weighted by molar-refractivity contribution is 6.03. The number of alkyl carbamates (subject to hydrolysis) is 1. The minimum Gasteiger partial charge on any atom is -0.468 e. The van der Waals surface area contributed by atoms with Crippen molar-refractivity contribution in [3.63, 3.8) is 0 Å². The number of rotatable bonds is 12. The first-order chi connectivity index (χ1) is 30.2. The molecule has 17 heteroatoms. The summed E-state index contributed by atoms with van der Waals surface area (Å²) >= 11 is 0. The van der Waals surface area contributed by atoms with Gasteiger partial charge in [-0.15, -0.1) is 0 Å². The molecule has 0 spiro atoms. The number of ketones is 2. The number of methoxy groups -OCH3 is 2. The number of Topliss-reactive ketones (excluding diaryl/α,β-unsaturated/α-hetero) is 2. The van der Waals surface area contributed by atoms with Crippen molar-refractivity contribution in [3.8, 4) is 0 Å². The summed E-state index contributed by atoms with van der Waals surface area (Å²) in [5, 5.41) is 15.4. The van der Waals surface area contributed by atoms with Crippen molar-refractivity contribution in [3.05, 3.63) is 48.2 Å². The minimum absolute atomic E-state index is 0.0587. The standard InChI is InChI=1S/C47H65N3O14/c1-12-35-47(7)39(49-45(57)64-47)27(4)36(51)25(2)23-46(6,60-19-15-16-29-21-30-17-13-14-18-33(30)48-24-29)40(63-44-38(53)34(50(8)9)20-26(3)61-44)28(5)37(52)31(43(56)62-35)22-32(41(54)58-10)42(55)59-11/h13-18,21,24-28,31-32,34-35,38-40,44,53H,12,19-20,22-23H2,1-11H3,(H,49,57)/b16-15+/t25-,26-,27+,28+,31?,34+,35-,38-,39-,40-,44+,46+,47-/m1/s1. The van der Waals surface area contributed by atoms with Gasteiger partial charge < -0.3 is 48.5 Å². The minimum atomic E-state index is -1.82. The highest BCUT2D eigenvalue weighted by atomic mass is 16.7. The molecular weight excluding hydrogens is 831 g/mol. The van der Waals surface area contributed by atoms with E-state index in [0.717, 1.165) is 30.7 Å². The molecule has 3 aliphatic heterocycles. The van der Waals surface area contributed by atoms with Crippen LogP contribution in [0.2, 0.25) is 0 Å². The molecule has 0 radical (unpaired) electrons. The summed E-state index contributed by atoms with van der Waals surface area (Å²) in [6.45, 7) is 11.6. The van der Waals surface area contributed by atoms with Crippen LogP contribution in [0.15, 0.2) is 42.6 Å². The van der Waals surface area contributed by atoms with E-state index in [0.29, 0.717) is 6.42 Å². The summed E-state index contributed by atoms with van der Waals surface area (Å²) < 4.78 is 41.5. The molecule has 3 fully saturated rings. The number of amides is 1. The number of ether oxygens (including phenoxy) is 7. The molecule has 17 nitrogen and oxygen atoms in total. The second-order valence-electron chi connectivity index (χ2n) is 18.0. The van der Waals surface area contributed by atoms with E-state index in [4.69, 9.17) is 33.2 Å². The Hall–Kier alpha value is -4.81. The zero-order valence-corrected chi connectivity index (χ0v) is 38.7. The predicted octanol–water partition coefficient (Wildman–Crippen LogP) is 4.44. The number of nitrogens with zero attached hydrogens (tertiary/aromatic N) is 2. The fraction of sp³-hybridized carbons (Fsp3) is 0.638. The first kappa shape index (κ1) is 50.2. The molecule has 64 heavy (non-hydrogen) atoms. The Bertz CT molecular complexity index is 2040. The molecule has 4 heterocycles. The second kappa shape index (κ2) is 21.0. The van der Waals surface area contributed by atoms with Crippen molar-refractivity contribution in [2.45, 2.75) is 128 Å². The van der Waals surface area contributed by atoms with Gasteiger partial charge in [0.05, 0.1) is 50.2 Å². The molecule has 1 unspecified atom stereocenters. The lowest BCUT2D eigenvalue weighted by atomic mass is 9.73. The lowest BCUT2D eigenvalue weighted by Crippen LogP contribution is -2.60. The second-order valence-corrected chi connectivity index (χ2v) is 18.0. The maximum atomic E-state index is 15.3. The van der Waals surface area contributed by atoms with Crippen LogP contribution in [0.3, 0.4) is 0 Å². The third-order valence-electron chi connectivity index (χ3n) is 13.2. The van der Waals surface area contributed by atoms with Crippen molar-refractivity contribution in [1.29, 1.82) is 0 Å². The monoisotopic (exact) mass is 895 g/mol. The molecule has 5 rings (SSSR count). The molecule has 0 saturated carbocycles. The largest absolute Gasteiger partial charge is 0.468 e. The van der Waals surface area contributed by atoms with Crippen LogP contribution in [0.25, 0.3) is 17.0 Å². The lowest BCUT2D eigenvalue weighted by Gasteiger charge is -2.47. The number of benzene rings is 1. The smallest absolute Gasteiger partial charge is 0.408 e. The van der Waals surface area contributed by atoms with Gasteiger partial charge >= 0.3 is 24.0 Å². The number of hydrogen-bond acceptors (Lipinski definition) is 16. The van der Waals surface area contributed by atoms with Crippen LogP contribution in [0.4, 0.5) is 4.79 Å². The topological polar surface area (TPSA) is 215 Å². The predicted molar refractivity (Wildman–Crippen MR) is 232 cm³/mol. The Labute approximate surface area is 374 Å². The van der Waals surface area contributed by atoms with E-state index in [9.17, 15) is 29.1 Å². The first-order valence-electron chi connectivity index (χ1n) is 21.9. The Kier molecular flexibility index (Phi) is 16.5. The van der Waals surface area contributed by atoms with E-state index in [2.05, 4.69) is 10.3 Å². The zero-order valence-electron chi connectivity index (χ0n) is 38.7.